The normalized spacial score (nSPS) is 11.9. The van der Waals surface area contributed by atoms with Crippen LogP contribution in [0.25, 0.3) is 10.9 Å². The van der Waals surface area contributed by atoms with Crippen molar-refractivity contribution in [3.05, 3.63) is 29.5 Å². The van der Waals surface area contributed by atoms with Crippen molar-refractivity contribution in [3.63, 3.8) is 0 Å². The SMILES string of the molecule is CC(C)c1[nH]c2ccc(O)cc2c1C(F)F. The molecule has 1 heterocycles. The molecule has 16 heavy (non-hydrogen) atoms. The second-order valence-corrected chi connectivity index (χ2v) is 4.14. The molecule has 2 N–H and O–H groups in total. The molecule has 0 amide bonds. The number of alkyl halides is 2. The second-order valence-electron chi connectivity index (χ2n) is 4.14. The van der Waals surface area contributed by atoms with Gasteiger partial charge in [0.1, 0.15) is 5.75 Å². The number of rotatable bonds is 2. The maximum absolute atomic E-state index is 13.0. The molecule has 1 aromatic carbocycles. The van der Waals surface area contributed by atoms with Gasteiger partial charge in [-0.05, 0) is 24.1 Å². The lowest BCUT2D eigenvalue weighted by molar-refractivity contribution is 0.151. The van der Waals surface area contributed by atoms with E-state index in [2.05, 4.69) is 4.98 Å². The molecule has 2 aromatic rings. The van der Waals surface area contributed by atoms with Crippen molar-refractivity contribution in [3.8, 4) is 5.75 Å². The van der Waals surface area contributed by atoms with Crippen LogP contribution in [0.3, 0.4) is 0 Å². The van der Waals surface area contributed by atoms with E-state index in [1.54, 1.807) is 6.07 Å². The van der Waals surface area contributed by atoms with E-state index < -0.39 is 6.43 Å². The fourth-order valence-corrected chi connectivity index (χ4v) is 1.91. The number of aromatic amines is 1. The lowest BCUT2D eigenvalue weighted by Crippen LogP contribution is -1.94. The van der Waals surface area contributed by atoms with E-state index in [-0.39, 0.29) is 17.2 Å². The third kappa shape index (κ3) is 1.64. The van der Waals surface area contributed by atoms with Gasteiger partial charge in [0, 0.05) is 22.2 Å². The molecule has 0 bridgehead atoms. The number of phenols is 1. The minimum absolute atomic E-state index is 0.000833. The molecule has 0 radical (unpaired) electrons. The molecule has 0 fully saturated rings. The fraction of sp³-hybridized carbons (Fsp3) is 0.333. The van der Waals surface area contributed by atoms with Crippen molar-refractivity contribution >= 4 is 10.9 Å². The summed E-state index contributed by atoms with van der Waals surface area (Å²) < 4.78 is 26.0. The number of H-pyrrole nitrogens is 1. The Kier molecular flexibility index (Phi) is 2.58. The van der Waals surface area contributed by atoms with Crippen LogP contribution in [0.1, 0.15) is 37.4 Å². The number of phenolic OH excluding ortho intramolecular Hbond substituents is 1. The maximum atomic E-state index is 13.0. The Morgan fingerprint density at radius 1 is 1.25 bits per heavy atom. The van der Waals surface area contributed by atoms with E-state index in [1.807, 2.05) is 13.8 Å². The largest absolute Gasteiger partial charge is 0.508 e. The molecule has 4 heteroatoms. The minimum Gasteiger partial charge on any atom is -0.508 e. The average molecular weight is 225 g/mol. The van der Waals surface area contributed by atoms with E-state index in [1.165, 1.54) is 12.1 Å². The van der Waals surface area contributed by atoms with Crippen molar-refractivity contribution in [1.82, 2.24) is 4.98 Å². The van der Waals surface area contributed by atoms with E-state index in [9.17, 15) is 13.9 Å². The van der Waals surface area contributed by atoms with Crippen molar-refractivity contribution in [1.29, 1.82) is 0 Å². The van der Waals surface area contributed by atoms with E-state index >= 15 is 0 Å². The average Bonchev–Trinajstić information content (AvgIpc) is 2.55. The van der Waals surface area contributed by atoms with Gasteiger partial charge in [0.2, 0.25) is 0 Å². The first kappa shape index (κ1) is 10.9. The standard InChI is InChI=1S/C12H13F2NO/c1-6(2)11-10(12(13)14)8-5-7(16)3-4-9(8)15-11/h3-6,12,15-16H,1-2H3. The summed E-state index contributed by atoms with van der Waals surface area (Å²) in [6, 6.07) is 4.47. The van der Waals surface area contributed by atoms with Crippen molar-refractivity contribution < 1.29 is 13.9 Å². The highest BCUT2D eigenvalue weighted by Crippen LogP contribution is 2.36. The summed E-state index contributed by atoms with van der Waals surface area (Å²) in [7, 11) is 0. The molecule has 0 saturated carbocycles. The summed E-state index contributed by atoms with van der Waals surface area (Å²) in [5.74, 6) is 0.00208. The van der Waals surface area contributed by atoms with Crippen LogP contribution in [-0.2, 0) is 0 Å². The van der Waals surface area contributed by atoms with Gasteiger partial charge in [-0.15, -0.1) is 0 Å². The number of benzene rings is 1. The van der Waals surface area contributed by atoms with Crippen molar-refractivity contribution in [2.45, 2.75) is 26.2 Å². The number of hydrogen-bond acceptors (Lipinski definition) is 1. The van der Waals surface area contributed by atoms with Gasteiger partial charge in [-0.1, -0.05) is 13.8 Å². The molecule has 2 rings (SSSR count). The van der Waals surface area contributed by atoms with Crippen molar-refractivity contribution in [2.24, 2.45) is 0 Å². The van der Waals surface area contributed by atoms with Crippen molar-refractivity contribution in [2.75, 3.05) is 0 Å². The molecule has 0 aliphatic carbocycles. The van der Waals surface area contributed by atoms with E-state index in [0.717, 1.165) is 0 Å². The molecule has 0 unspecified atom stereocenters. The summed E-state index contributed by atoms with van der Waals surface area (Å²) >= 11 is 0. The first-order chi connectivity index (χ1) is 7.50. The maximum Gasteiger partial charge on any atom is 0.266 e. The van der Waals surface area contributed by atoms with Gasteiger partial charge in [-0.2, -0.15) is 0 Å². The predicted molar refractivity (Wildman–Crippen MR) is 59.0 cm³/mol. The Morgan fingerprint density at radius 2 is 1.94 bits per heavy atom. The molecular weight excluding hydrogens is 212 g/mol. The van der Waals surface area contributed by atoms with Crippen LogP contribution in [0.2, 0.25) is 0 Å². The smallest absolute Gasteiger partial charge is 0.266 e. The molecule has 0 aliphatic rings. The Hall–Kier alpha value is -1.58. The Balaban J connectivity index is 2.77. The van der Waals surface area contributed by atoms with Gasteiger partial charge >= 0.3 is 0 Å². The zero-order valence-corrected chi connectivity index (χ0v) is 9.09. The summed E-state index contributed by atoms with van der Waals surface area (Å²) in [4.78, 5) is 2.98. The van der Waals surface area contributed by atoms with Gasteiger partial charge in [-0.25, -0.2) is 8.78 Å². The monoisotopic (exact) mass is 225 g/mol. The van der Waals surface area contributed by atoms with Gasteiger partial charge in [0.05, 0.1) is 0 Å². The highest BCUT2D eigenvalue weighted by Gasteiger charge is 2.21. The summed E-state index contributed by atoms with van der Waals surface area (Å²) in [5.41, 5.74) is 1.17. The van der Waals surface area contributed by atoms with Crippen LogP contribution in [-0.4, -0.2) is 10.1 Å². The molecule has 0 spiro atoms. The van der Waals surface area contributed by atoms with Gasteiger partial charge in [0.25, 0.3) is 6.43 Å². The van der Waals surface area contributed by atoms with Crippen LogP contribution in [0, 0.1) is 0 Å². The number of nitrogens with one attached hydrogen (secondary N) is 1. The van der Waals surface area contributed by atoms with Crippen LogP contribution in [0.4, 0.5) is 8.78 Å². The molecular formula is C12H13F2NO. The zero-order chi connectivity index (χ0) is 11.9. The van der Waals surface area contributed by atoms with Gasteiger partial charge in [-0.3, -0.25) is 0 Å². The van der Waals surface area contributed by atoms with Crippen LogP contribution in [0.15, 0.2) is 18.2 Å². The highest BCUT2D eigenvalue weighted by molar-refractivity contribution is 5.86. The number of hydrogen-bond donors (Lipinski definition) is 2. The lowest BCUT2D eigenvalue weighted by atomic mass is 10.0. The quantitative estimate of drug-likeness (QED) is 0.798. The van der Waals surface area contributed by atoms with E-state index in [4.69, 9.17) is 0 Å². The molecule has 86 valence electrons. The number of fused-ring (bicyclic) bond motifs is 1. The van der Waals surface area contributed by atoms with Crippen LogP contribution < -0.4 is 0 Å². The molecule has 0 saturated heterocycles. The summed E-state index contributed by atoms with van der Waals surface area (Å²) in [6.45, 7) is 3.72. The Morgan fingerprint density at radius 3 is 2.50 bits per heavy atom. The van der Waals surface area contributed by atoms with Gasteiger partial charge < -0.3 is 10.1 Å². The summed E-state index contributed by atoms with van der Waals surface area (Å²) in [5, 5.41) is 9.73. The number of aromatic nitrogens is 1. The lowest BCUT2D eigenvalue weighted by Gasteiger charge is -2.06. The third-order valence-electron chi connectivity index (χ3n) is 2.65. The van der Waals surface area contributed by atoms with E-state index in [0.29, 0.717) is 16.6 Å². The zero-order valence-electron chi connectivity index (χ0n) is 9.09. The second kappa shape index (κ2) is 3.77. The van der Waals surface area contributed by atoms with Crippen LogP contribution >= 0.6 is 0 Å². The molecule has 1 aromatic heterocycles. The first-order valence-electron chi connectivity index (χ1n) is 5.13. The first-order valence-corrected chi connectivity index (χ1v) is 5.13. The predicted octanol–water partition coefficient (Wildman–Crippen LogP) is 3.93. The molecule has 0 atom stereocenters. The number of aromatic hydroxyl groups is 1. The molecule has 0 aliphatic heterocycles. The van der Waals surface area contributed by atoms with Crippen LogP contribution in [0.5, 0.6) is 5.75 Å². The Labute approximate surface area is 91.9 Å². The number of halogens is 2. The topological polar surface area (TPSA) is 36.0 Å². The Bertz CT molecular complexity index is 517. The highest BCUT2D eigenvalue weighted by atomic mass is 19.3. The minimum atomic E-state index is -2.53. The van der Waals surface area contributed by atoms with Gasteiger partial charge in [0.15, 0.2) is 0 Å². The summed E-state index contributed by atoms with van der Waals surface area (Å²) in [6.07, 6.45) is -2.53. The fourth-order valence-electron chi connectivity index (χ4n) is 1.91. The molecule has 2 nitrogen and oxygen atoms in total. The third-order valence-corrected chi connectivity index (χ3v) is 2.65.